The van der Waals surface area contributed by atoms with Crippen molar-refractivity contribution in [2.24, 2.45) is 0 Å². The van der Waals surface area contributed by atoms with Crippen molar-refractivity contribution >= 4 is 22.9 Å². The van der Waals surface area contributed by atoms with Crippen LogP contribution < -0.4 is 4.74 Å². The van der Waals surface area contributed by atoms with E-state index in [2.05, 4.69) is 15.3 Å². The molecule has 74 valence electrons. The summed E-state index contributed by atoms with van der Waals surface area (Å²) in [6.45, 7) is 0. The monoisotopic (exact) mass is 230 g/mol. The van der Waals surface area contributed by atoms with Crippen LogP contribution in [0, 0.1) is 0 Å². The Labute approximate surface area is 89.3 Å². The molecule has 14 heavy (non-hydrogen) atoms. The normalized spacial score (nSPS) is 10.4. The van der Waals surface area contributed by atoms with E-state index >= 15 is 0 Å². The summed E-state index contributed by atoms with van der Waals surface area (Å²) in [5.74, 6) is 1.06. The second kappa shape index (κ2) is 3.93. The van der Waals surface area contributed by atoms with Crippen LogP contribution in [-0.4, -0.2) is 27.1 Å². The highest BCUT2D eigenvalue weighted by Gasteiger charge is 2.06. The SMILES string of the molecule is COc1cnn(-c2nnc(CCl)s2)c1. The Kier molecular flexibility index (Phi) is 2.64. The lowest BCUT2D eigenvalue weighted by Crippen LogP contribution is -1.92. The lowest BCUT2D eigenvalue weighted by atomic mass is 10.7. The number of aromatic nitrogens is 4. The van der Waals surface area contributed by atoms with Gasteiger partial charge in [-0.3, -0.25) is 0 Å². The van der Waals surface area contributed by atoms with Crippen molar-refractivity contribution in [2.45, 2.75) is 5.88 Å². The Balaban J connectivity index is 2.29. The molecule has 0 aliphatic heterocycles. The maximum atomic E-state index is 5.61. The first-order valence-electron chi connectivity index (χ1n) is 3.81. The molecule has 0 saturated heterocycles. The molecule has 0 saturated carbocycles. The molecule has 0 bridgehead atoms. The van der Waals surface area contributed by atoms with E-state index < -0.39 is 0 Å². The Morgan fingerprint density at radius 2 is 2.43 bits per heavy atom. The predicted molar refractivity (Wildman–Crippen MR) is 53.1 cm³/mol. The summed E-state index contributed by atoms with van der Waals surface area (Å²) in [6, 6.07) is 0. The molecule has 7 heteroatoms. The summed E-state index contributed by atoms with van der Waals surface area (Å²) in [4.78, 5) is 0. The van der Waals surface area contributed by atoms with Gasteiger partial charge in [-0.2, -0.15) is 5.10 Å². The molecule has 0 aliphatic rings. The highest BCUT2D eigenvalue weighted by atomic mass is 35.5. The molecule has 2 aromatic rings. The Morgan fingerprint density at radius 3 is 3.00 bits per heavy atom. The third kappa shape index (κ3) is 1.71. The lowest BCUT2D eigenvalue weighted by Gasteiger charge is -1.91. The topological polar surface area (TPSA) is 52.8 Å². The summed E-state index contributed by atoms with van der Waals surface area (Å²) in [7, 11) is 1.59. The molecule has 0 N–H and O–H groups in total. The van der Waals surface area contributed by atoms with Crippen LogP contribution in [0.3, 0.4) is 0 Å². The number of methoxy groups -OCH3 is 1. The average Bonchev–Trinajstić information content (AvgIpc) is 2.86. The van der Waals surface area contributed by atoms with Gasteiger partial charge in [0.25, 0.3) is 0 Å². The molecule has 0 fully saturated rings. The van der Waals surface area contributed by atoms with Gasteiger partial charge in [0.1, 0.15) is 5.01 Å². The standard InChI is InChI=1S/C7H7ClN4OS/c1-13-5-3-9-12(4-5)7-11-10-6(2-8)14-7/h3-4H,2H2,1H3. The average molecular weight is 231 g/mol. The van der Waals surface area contributed by atoms with Crippen LogP contribution in [0.25, 0.3) is 5.13 Å². The van der Waals surface area contributed by atoms with Crippen LogP contribution >= 0.6 is 22.9 Å². The molecule has 0 aliphatic carbocycles. The van der Waals surface area contributed by atoms with Crippen molar-refractivity contribution in [2.75, 3.05) is 7.11 Å². The van der Waals surface area contributed by atoms with Gasteiger partial charge in [-0.05, 0) is 0 Å². The molecule has 0 atom stereocenters. The first kappa shape index (κ1) is 9.42. The minimum absolute atomic E-state index is 0.371. The van der Waals surface area contributed by atoms with Crippen molar-refractivity contribution in [1.82, 2.24) is 20.0 Å². The van der Waals surface area contributed by atoms with Crippen molar-refractivity contribution in [3.05, 3.63) is 17.4 Å². The molecular formula is C7H7ClN4OS. The van der Waals surface area contributed by atoms with E-state index in [-0.39, 0.29) is 0 Å². The predicted octanol–water partition coefficient (Wildman–Crippen LogP) is 1.47. The number of halogens is 1. The third-order valence-corrected chi connectivity index (χ3v) is 2.89. The Bertz CT molecular complexity index is 387. The minimum Gasteiger partial charge on any atom is -0.493 e. The third-order valence-electron chi connectivity index (χ3n) is 1.56. The number of hydrogen-bond acceptors (Lipinski definition) is 5. The number of hydrogen-bond donors (Lipinski definition) is 0. The van der Waals surface area contributed by atoms with Gasteiger partial charge in [-0.15, -0.1) is 21.8 Å². The fourth-order valence-electron chi connectivity index (χ4n) is 0.908. The smallest absolute Gasteiger partial charge is 0.232 e. The largest absolute Gasteiger partial charge is 0.493 e. The number of ether oxygens (including phenoxy) is 1. The van der Waals surface area contributed by atoms with Gasteiger partial charge in [-0.25, -0.2) is 4.68 Å². The fraction of sp³-hybridized carbons (Fsp3) is 0.286. The van der Waals surface area contributed by atoms with Crippen LogP contribution in [0.5, 0.6) is 5.75 Å². The van der Waals surface area contributed by atoms with Crippen molar-refractivity contribution in [1.29, 1.82) is 0 Å². The number of rotatable bonds is 3. The maximum Gasteiger partial charge on any atom is 0.232 e. The second-order valence-electron chi connectivity index (χ2n) is 2.44. The molecule has 2 heterocycles. The van der Waals surface area contributed by atoms with Gasteiger partial charge < -0.3 is 4.74 Å². The van der Waals surface area contributed by atoms with Gasteiger partial charge >= 0.3 is 0 Å². The summed E-state index contributed by atoms with van der Waals surface area (Å²) in [6.07, 6.45) is 3.35. The summed E-state index contributed by atoms with van der Waals surface area (Å²) in [5, 5.41) is 13.3. The summed E-state index contributed by atoms with van der Waals surface area (Å²) >= 11 is 7.01. The van der Waals surface area contributed by atoms with Crippen molar-refractivity contribution < 1.29 is 4.74 Å². The first-order chi connectivity index (χ1) is 6.83. The molecule has 0 amide bonds. The molecule has 0 spiro atoms. The van der Waals surface area contributed by atoms with Crippen LogP contribution in [0.1, 0.15) is 5.01 Å². The maximum absolute atomic E-state index is 5.61. The lowest BCUT2D eigenvalue weighted by molar-refractivity contribution is 0.414. The van der Waals surface area contributed by atoms with Crippen LogP contribution in [0.4, 0.5) is 0 Å². The van der Waals surface area contributed by atoms with E-state index in [9.17, 15) is 0 Å². The van der Waals surface area contributed by atoms with Gasteiger partial charge in [0.05, 0.1) is 25.4 Å². The molecule has 0 aromatic carbocycles. The van der Waals surface area contributed by atoms with Crippen LogP contribution in [0.15, 0.2) is 12.4 Å². The van der Waals surface area contributed by atoms with Gasteiger partial charge in [0, 0.05) is 0 Å². The van der Waals surface area contributed by atoms with E-state index in [1.165, 1.54) is 11.3 Å². The van der Waals surface area contributed by atoms with E-state index in [4.69, 9.17) is 16.3 Å². The molecule has 0 unspecified atom stereocenters. The fourth-order valence-corrected chi connectivity index (χ4v) is 1.75. The second-order valence-corrected chi connectivity index (χ2v) is 3.74. The first-order valence-corrected chi connectivity index (χ1v) is 5.16. The zero-order chi connectivity index (χ0) is 9.97. The minimum atomic E-state index is 0.371. The van der Waals surface area contributed by atoms with Gasteiger partial charge in [-0.1, -0.05) is 11.3 Å². The molecule has 2 rings (SSSR count). The van der Waals surface area contributed by atoms with E-state index in [0.29, 0.717) is 16.8 Å². The van der Waals surface area contributed by atoms with E-state index in [0.717, 1.165) is 5.01 Å². The Hall–Kier alpha value is -1.14. The van der Waals surface area contributed by atoms with Crippen LogP contribution in [0.2, 0.25) is 0 Å². The zero-order valence-corrected chi connectivity index (χ0v) is 8.92. The number of nitrogens with zero attached hydrogens (tertiary/aromatic N) is 4. The Morgan fingerprint density at radius 1 is 1.57 bits per heavy atom. The van der Waals surface area contributed by atoms with Crippen molar-refractivity contribution in [3.8, 4) is 10.9 Å². The quantitative estimate of drug-likeness (QED) is 0.750. The van der Waals surface area contributed by atoms with Crippen LogP contribution in [-0.2, 0) is 5.88 Å². The molecule has 2 aromatic heterocycles. The summed E-state index contributed by atoms with van der Waals surface area (Å²) < 4.78 is 6.60. The van der Waals surface area contributed by atoms with Gasteiger partial charge in [0.2, 0.25) is 5.13 Å². The highest BCUT2D eigenvalue weighted by molar-refractivity contribution is 7.13. The zero-order valence-electron chi connectivity index (χ0n) is 7.35. The van der Waals surface area contributed by atoms with Gasteiger partial charge in [0.15, 0.2) is 5.75 Å². The highest BCUT2D eigenvalue weighted by Crippen LogP contribution is 2.17. The van der Waals surface area contributed by atoms with Crippen molar-refractivity contribution in [3.63, 3.8) is 0 Å². The molecule has 0 radical (unpaired) electrons. The number of alkyl halides is 1. The summed E-state index contributed by atoms with van der Waals surface area (Å²) in [5.41, 5.74) is 0. The van der Waals surface area contributed by atoms with E-state index in [1.54, 1.807) is 24.2 Å². The molecular weight excluding hydrogens is 224 g/mol. The molecule has 5 nitrogen and oxygen atoms in total. The van der Waals surface area contributed by atoms with E-state index in [1.807, 2.05) is 0 Å².